The molecule has 0 N–H and O–H groups in total. The lowest BCUT2D eigenvalue weighted by Gasteiger charge is -2.10. The van der Waals surface area contributed by atoms with Gasteiger partial charge < -0.3 is 4.74 Å². The van der Waals surface area contributed by atoms with Crippen molar-refractivity contribution in [2.24, 2.45) is 0 Å². The Morgan fingerprint density at radius 3 is 2.69 bits per heavy atom. The second-order valence-corrected chi connectivity index (χ2v) is 4.71. The molecule has 0 aliphatic heterocycles. The summed E-state index contributed by atoms with van der Waals surface area (Å²) >= 11 is 3.50. The largest absolute Gasteiger partial charge is 0.493 e. The number of hydrogen-bond acceptors (Lipinski definition) is 1. The Balaban J connectivity index is 2.41. The van der Waals surface area contributed by atoms with Crippen LogP contribution in [0.3, 0.4) is 0 Å². The SMILES string of the molecule is CCCCCCOc1ccc(C)cc1CBr. The lowest BCUT2D eigenvalue weighted by molar-refractivity contribution is 0.303. The molecule has 1 aromatic carbocycles. The summed E-state index contributed by atoms with van der Waals surface area (Å²) in [6.45, 7) is 5.17. The van der Waals surface area contributed by atoms with Crippen LogP contribution >= 0.6 is 15.9 Å². The van der Waals surface area contributed by atoms with Crippen molar-refractivity contribution in [2.75, 3.05) is 6.61 Å². The van der Waals surface area contributed by atoms with Crippen molar-refractivity contribution in [3.05, 3.63) is 29.3 Å². The Morgan fingerprint density at radius 2 is 2.00 bits per heavy atom. The fourth-order valence-corrected chi connectivity index (χ4v) is 2.10. The van der Waals surface area contributed by atoms with Crippen molar-refractivity contribution in [1.82, 2.24) is 0 Å². The molecule has 0 unspecified atom stereocenters. The van der Waals surface area contributed by atoms with E-state index in [-0.39, 0.29) is 0 Å². The van der Waals surface area contributed by atoms with E-state index in [0.717, 1.165) is 24.1 Å². The molecule has 0 spiro atoms. The molecule has 1 nitrogen and oxygen atoms in total. The predicted molar refractivity (Wildman–Crippen MR) is 73.4 cm³/mol. The zero-order valence-corrected chi connectivity index (χ0v) is 11.8. The summed E-state index contributed by atoms with van der Waals surface area (Å²) < 4.78 is 5.80. The van der Waals surface area contributed by atoms with Crippen LogP contribution in [0.4, 0.5) is 0 Å². The van der Waals surface area contributed by atoms with Crippen molar-refractivity contribution >= 4 is 15.9 Å². The number of benzene rings is 1. The maximum atomic E-state index is 5.80. The van der Waals surface area contributed by atoms with Crippen molar-refractivity contribution in [3.8, 4) is 5.75 Å². The number of unbranched alkanes of at least 4 members (excludes halogenated alkanes) is 3. The molecular formula is C14H21BrO. The van der Waals surface area contributed by atoms with Gasteiger partial charge >= 0.3 is 0 Å². The first-order chi connectivity index (χ1) is 7.77. The molecule has 0 aliphatic rings. The third-order valence-corrected chi connectivity index (χ3v) is 3.22. The van der Waals surface area contributed by atoms with Gasteiger partial charge in [0, 0.05) is 10.9 Å². The molecule has 0 bridgehead atoms. The molecule has 1 aromatic rings. The summed E-state index contributed by atoms with van der Waals surface area (Å²) in [4.78, 5) is 0. The van der Waals surface area contributed by atoms with E-state index in [2.05, 4.69) is 48.0 Å². The van der Waals surface area contributed by atoms with Crippen molar-refractivity contribution in [3.63, 3.8) is 0 Å². The second kappa shape index (κ2) is 7.72. The molecule has 90 valence electrons. The molecule has 0 amide bonds. The Morgan fingerprint density at radius 1 is 1.19 bits per heavy atom. The molecule has 0 saturated carbocycles. The van der Waals surface area contributed by atoms with E-state index in [0.29, 0.717) is 0 Å². The third kappa shape index (κ3) is 4.56. The van der Waals surface area contributed by atoms with Gasteiger partial charge in [-0.1, -0.05) is 59.8 Å². The van der Waals surface area contributed by atoms with Crippen molar-refractivity contribution in [2.45, 2.75) is 44.9 Å². The van der Waals surface area contributed by atoms with E-state index in [9.17, 15) is 0 Å². The third-order valence-electron chi connectivity index (χ3n) is 2.62. The number of alkyl halides is 1. The Bertz CT molecular complexity index is 310. The lowest BCUT2D eigenvalue weighted by Crippen LogP contribution is -1.99. The van der Waals surface area contributed by atoms with Crippen LogP contribution in [-0.4, -0.2) is 6.61 Å². The first-order valence-corrected chi connectivity index (χ1v) is 7.18. The first kappa shape index (κ1) is 13.6. The van der Waals surface area contributed by atoms with E-state index in [1.165, 1.54) is 30.4 Å². The van der Waals surface area contributed by atoms with Gasteiger partial charge in [-0.25, -0.2) is 0 Å². The fraction of sp³-hybridized carbons (Fsp3) is 0.571. The van der Waals surface area contributed by atoms with Gasteiger partial charge in [-0.3, -0.25) is 0 Å². The van der Waals surface area contributed by atoms with E-state index in [1.54, 1.807) is 0 Å². The molecule has 0 heterocycles. The minimum absolute atomic E-state index is 0.836. The van der Waals surface area contributed by atoms with Crippen LogP contribution < -0.4 is 4.74 Å². The van der Waals surface area contributed by atoms with E-state index in [4.69, 9.17) is 4.74 Å². The number of hydrogen-bond donors (Lipinski definition) is 0. The molecule has 0 radical (unpaired) electrons. The topological polar surface area (TPSA) is 9.23 Å². The highest BCUT2D eigenvalue weighted by molar-refractivity contribution is 9.08. The summed E-state index contributed by atoms with van der Waals surface area (Å²) in [6.07, 6.45) is 5.01. The minimum Gasteiger partial charge on any atom is -0.493 e. The van der Waals surface area contributed by atoms with Crippen LogP contribution in [0, 0.1) is 6.92 Å². The summed E-state index contributed by atoms with van der Waals surface area (Å²) in [5.74, 6) is 1.03. The van der Waals surface area contributed by atoms with Crippen LogP contribution in [0.15, 0.2) is 18.2 Å². The van der Waals surface area contributed by atoms with Crippen molar-refractivity contribution < 1.29 is 4.74 Å². The lowest BCUT2D eigenvalue weighted by atomic mass is 10.1. The van der Waals surface area contributed by atoms with E-state index >= 15 is 0 Å². The van der Waals surface area contributed by atoms with Crippen LogP contribution in [0.1, 0.15) is 43.7 Å². The van der Waals surface area contributed by atoms with Gasteiger partial charge in [-0.15, -0.1) is 0 Å². The zero-order valence-electron chi connectivity index (χ0n) is 10.3. The molecule has 1 rings (SSSR count). The van der Waals surface area contributed by atoms with Gasteiger partial charge in [-0.05, 0) is 19.4 Å². The minimum atomic E-state index is 0.836. The van der Waals surface area contributed by atoms with Crippen LogP contribution in [0.5, 0.6) is 5.75 Å². The Labute approximate surface area is 107 Å². The molecule has 0 aromatic heterocycles. The number of halogens is 1. The average Bonchev–Trinajstić information content (AvgIpc) is 2.30. The molecule has 2 heteroatoms. The predicted octanol–water partition coefficient (Wildman–Crippen LogP) is 4.85. The molecule has 0 fully saturated rings. The highest BCUT2D eigenvalue weighted by atomic mass is 79.9. The molecule has 16 heavy (non-hydrogen) atoms. The molecular weight excluding hydrogens is 264 g/mol. The fourth-order valence-electron chi connectivity index (χ4n) is 1.66. The van der Waals surface area contributed by atoms with Crippen molar-refractivity contribution in [1.29, 1.82) is 0 Å². The number of aryl methyl sites for hydroxylation is 1. The summed E-state index contributed by atoms with van der Waals surface area (Å²) in [5, 5.41) is 0.860. The van der Waals surface area contributed by atoms with Gasteiger partial charge in [0.15, 0.2) is 0 Å². The van der Waals surface area contributed by atoms with Gasteiger partial charge in [-0.2, -0.15) is 0 Å². The highest BCUT2D eigenvalue weighted by Gasteiger charge is 2.02. The molecule has 0 aliphatic carbocycles. The van der Waals surface area contributed by atoms with Gasteiger partial charge in [0.2, 0.25) is 0 Å². The average molecular weight is 285 g/mol. The normalized spacial score (nSPS) is 10.4. The highest BCUT2D eigenvalue weighted by Crippen LogP contribution is 2.22. The maximum absolute atomic E-state index is 5.80. The monoisotopic (exact) mass is 284 g/mol. The Hall–Kier alpha value is -0.500. The van der Waals surface area contributed by atoms with Crippen LogP contribution in [0.2, 0.25) is 0 Å². The molecule has 0 atom stereocenters. The van der Waals surface area contributed by atoms with Gasteiger partial charge in [0.25, 0.3) is 0 Å². The van der Waals surface area contributed by atoms with Gasteiger partial charge in [0.1, 0.15) is 5.75 Å². The quantitative estimate of drug-likeness (QED) is 0.514. The first-order valence-electron chi connectivity index (χ1n) is 6.06. The summed E-state index contributed by atoms with van der Waals surface area (Å²) in [5.41, 5.74) is 2.53. The summed E-state index contributed by atoms with van der Waals surface area (Å²) in [7, 11) is 0. The van der Waals surface area contributed by atoms with Crippen LogP contribution in [-0.2, 0) is 5.33 Å². The summed E-state index contributed by atoms with van der Waals surface area (Å²) in [6, 6.07) is 6.36. The number of ether oxygens (including phenoxy) is 1. The second-order valence-electron chi connectivity index (χ2n) is 4.15. The van der Waals surface area contributed by atoms with Crippen LogP contribution in [0.25, 0.3) is 0 Å². The van der Waals surface area contributed by atoms with Gasteiger partial charge in [0.05, 0.1) is 6.61 Å². The zero-order chi connectivity index (χ0) is 11.8. The smallest absolute Gasteiger partial charge is 0.123 e. The number of rotatable bonds is 7. The molecule has 0 saturated heterocycles. The van der Waals surface area contributed by atoms with E-state index < -0.39 is 0 Å². The maximum Gasteiger partial charge on any atom is 0.123 e. The Kier molecular flexibility index (Phi) is 6.55. The standard InChI is InChI=1S/C14H21BrO/c1-3-4-5-6-9-16-14-8-7-12(2)10-13(14)11-15/h7-8,10H,3-6,9,11H2,1-2H3. The van der Waals surface area contributed by atoms with E-state index in [1.807, 2.05) is 0 Å².